The minimum Gasteiger partial charge on any atom is -0.492 e. The molecule has 4 rings (SSSR count). The molecule has 1 atom stereocenters. The number of imide groups is 2. The molecule has 1 spiro atoms. The van der Waals surface area contributed by atoms with Gasteiger partial charge in [0.2, 0.25) is 12.5 Å². The maximum atomic E-state index is 13.2. The molecule has 2 N–H and O–H groups in total. The number of likely N-dealkylation sites (N-methyl/N-ethyl adjacent to an activating group) is 1. The van der Waals surface area contributed by atoms with Gasteiger partial charge in [-0.3, -0.25) is 19.4 Å². The Morgan fingerprint density at radius 1 is 1.19 bits per heavy atom. The van der Waals surface area contributed by atoms with Crippen LogP contribution in [-0.2, 0) is 22.4 Å². The summed E-state index contributed by atoms with van der Waals surface area (Å²) in [6.07, 6.45) is 0.600. The lowest BCUT2D eigenvalue weighted by Crippen LogP contribution is -2.94. The van der Waals surface area contributed by atoms with Gasteiger partial charge in [-0.2, -0.15) is 0 Å². The Morgan fingerprint density at radius 2 is 1.85 bits per heavy atom. The maximum Gasteiger partial charge on any atom is 0.332 e. The largest absolute Gasteiger partial charge is 0.492 e. The van der Waals surface area contributed by atoms with E-state index in [4.69, 9.17) is 14.2 Å². The van der Waals surface area contributed by atoms with Crippen LogP contribution < -0.4 is 19.5 Å². The monoisotopic (exact) mass is 376 g/mol. The number of urea groups is 1. The fourth-order valence-corrected chi connectivity index (χ4v) is 4.47. The molecular weight excluding hydrogens is 354 g/mol. The van der Waals surface area contributed by atoms with E-state index in [1.54, 1.807) is 0 Å². The number of carbonyl (C=O) groups excluding carboxylic acids is 3. The molecule has 9 nitrogen and oxygen atoms in total. The summed E-state index contributed by atoms with van der Waals surface area (Å²) < 4.78 is 16.6. The molecule has 0 radical (unpaired) electrons. The average Bonchev–Trinajstić information content (AvgIpc) is 3.15. The van der Waals surface area contributed by atoms with Crippen LogP contribution >= 0.6 is 0 Å². The quantitative estimate of drug-likeness (QED) is 0.673. The Labute approximate surface area is 156 Å². The van der Waals surface area contributed by atoms with Crippen molar-refractivity contribution in [2.45, 2.75) is 18.9 Å². The van der Waals surface area contributed by atoms with E-state index < -0.39 is 23.3 Å². The van der Waals surface area contributed by atoms with Gasteiger partial charge in [0.15, 0.2) is 16.9 Å². The molecule has 1 aromatic carbocycles. The number of ether oxygens (including phenoxy) is 3. The minimum absolute atomic E-state index is 0.0981. The zero-order valence-electron chi connectivity index (χ0n) is 15.7. The summed E-state index contributed by atoms with van der Waals surface area (Å²) >= 11 is 0. The van der Waals surface area contributed by atoms with Gasteiger partial charge in [-0.25, -0.2) is 4.79 Å². The van der Waals surface area contributed by atoms with Crippen molar-refractivity contribution in [3.05, 3.63) is 17.2 Å². The van der Waals surface area contributed by atoms with Crippen molar-refractivity contribution in [1.29, 1.82) is 0 Å². The van der Waals surface area contributed by atoms with Crippen LogP contribution in [-0.4, -0.2) is 68.7 Å². The van der Waals surface area contributed by atoms with Crippen LogP contribution in [0.5, 0.6) is 17.2 Å². The zero-order valence-corrected chi connectivity index (χ0v) is 15.7. The van der Waals surface area contributed by atoms with Gasteiger partial charge >= 0.3 is 6.03 Å². The Kier molecular flexibility index (Phi) is 3.81. The first-order chi connectivity index (χ1) is 12.9. The van der Waals surface area contributed by atoms with Crippen molar-refractivity contribution >= 4 is 17.8 Å². The van der Waals surface area contributed by atoms with E-state index >= 15 is 0 Å². The molecule has 2 heterocycles. The first-order valence-corrected chi connectivity index (χ1v) is 8.74. The van der Waals surface area contributed by atoms with E-state index in [9.17, 15) is 14.4 Å². The second-order valence-electron chi connectivity index (χ2n) is 7.08. The van der Waals surface area contributed by atoms with Crippen LogP contribution in [0.25, 0.3) is 0 Å². The number of benzene rings is 1. The Balaban J connectivity index is 1.91. The third kappa shape index (κ3) is 2.11. The highest BCUT2D eigenvalue weighted by molar-refractivity contribution is 6.19. The number of methoxy groups -OCH3 is 1. The van der Waals surface area contributed by atoms with Crippen LogP contribution in [0.1, 0.15) is 11.1 Å². The molecule has 2 aliphatic heterocycles. The average molecular weight is 376 g/mol. The number of rotatable bonds is 2. The van der Waals surface area contributed by atoms with Gasteiger partial charge < -0.3 is 19.5 Å². The van der Waals surface area contributed by atoms with Crippen molar-refractivity contribution in [3.63, 3.8) is 0 Å². The number of amides is 4. The molecule has 1 saturated heterocycles. The molecule has 3 aliphatic rings. The van der Waals surface area contributed by atoms with E-state index in [-0.39, 0.29) is 19.3 Å². The molecule has 0 bridgehead atoms. The maximum absolute atomic E-state index is 13.2. The zero-order chi connectivity index (χ0) is 19.5. The number of nitrogens with two attached hydrogens (primary N) is 1. The molecule has 0 saturated carbocycles. The summed E-state index contributed by atoms with van der Waals surface area (Å²) in [5.41, 5.74) is 0.325. The molecule has 1 aromatic rings. The predicted molar refractivity (Wildman–Crippen MR) is 91.5 cm³/mol. The number of fused-ring (bicyclic) bond motifs is 2. The molecule has 4 amide bonds. The van der Waals surface area contributed by atoms with Crippen LogP contribution in [0.4, 0.5) is 4.79 Å². The van der Waals surface area contributed by atoms with Gasteiger partial charge in [-0.05, 0) is 11.6 Å². The molecular formula is C18H22N3O6+. The van der Waals surface area contributed by atoms with Crippen molar-refractivity contribution in [2.75, 3.05) is 35.0 Å². The molecule has 1 fully saturated rings. The molecule has 0 unspecified atom stereocenters. The van der Waals surface area contributed by atoms with Crippen LogP contribution in [0, 0.1) is 5.41 Å². The predicted octanol–water partition coefficient (Wildman–Crippen LogP) is -0.879. The number of hydrogen-bond acceptors (Lipinski definition) is 6. The summed E-state index contributed by atoms with van der Waals surface area (Å²) in [5, 5.41) is 1.87. The third-order valence-electron chi connectivity index (χ3n) is 5.90. The van der Waals surface area contributed by atoms with Crippen LogP contribution in [0.3, 0.4) is 0 Å². The van der Waals surface area contributed by atoms with Crippen LogP contribution in [0.15, 0.2) is 6.07 Å². The Hall–Kier alpha value is -2.81. The highest BCUT2D eigenvalue weighted by Crippen LogP contribution is 2.50. The second-order valence-corrected chi connectivity index (χ2v) is 7.08. The lowest BCUT2D eigenvalue weighted by atomic mass is 9.65. The van der Waals surface area contributed by atoms with Gasteiger partial charge in [0.05, 0.1) is 14.2 Å². The number of nitrogens with zero attached hydrogens (tertiary/aromatic N) is 2. The van der Waals surface area contributed by atoms with Gasteiger partial charge in [0.1, 0.15) is 6.04 Å². The molecule has 0 aromatic heterocycles. The fraction of sp³-hybridized carbons (Fsp3) is 0.500. The van der Waals surface area contributed by atoms with Gasteiger partial charge in [0, 0.05) is 32.5 Å². The van der Waals surface area contributed by atoms with E-state index in [2.05, 4.69) is 0 Å². The Bertz CT molecular complexity index is 843. The number of hydrogen-bond donors (Lipinski definition) is 1. The number of quaternary nitrogens is 1. The summed E-state index contributed by atoms with van der Waals surface area (Å²) in [6, 6.07) is 0.918. The minimum atomic E-state index is -1.37. The molecule has 9 heteroatoms. The number of carbonyl (C=O) groups is 3. The van der Waals surface area contributed by atoms with Gasteiger partial charge in [-0.15, -0.1) is 0 Å². The first-order valence-electron chi connectivity index (χ1n) is 8.74. The molecule has 144 valence electrons. The number of barbiturate groups is 1. The Morgan fingerprint density at radius 3 is 2.44 bits per heavy atom. The first kappa shape index (κ1) is 17.6. The van der Waals surface area contributed by atoms with Crippen molar-refractivity contribution in [2.24, 2.45) is 5.41 Å². The van der Waals surface area contributed by atoms with E-state index in [0.717, 1.165) is 20.9 Å². The fourth-order valence-electron chi connectivity index (χ4n) is 4.47. The second kappa shape index (κ2) is 5.85. The lowest BCUT2D eigenvalue weighted by Gasteiger charge is -2.46. The summed E-state index contributed by atoms with van der Waals surface area (Å²) in [6.45, 7) is 0.0981. The van der Waals surface area contributed by atoms with Crippen molar-refractivity contribution < 1.29 is 33.9 Å². The van der Waals surface area contributed by atoms with E-state index in [0.29, 0.717) is 23.7 Å². The smallest absolute Gasteiger partial charge is 0.332 e. The van der Waals surface area contributed by atoms with Gasteiger partial charge in [-0.1, -0.05) is 0 Å². The van der Waals surface area contributed by atoms with Crippen LogP contribution in [0.2, 0.25) is 0 Å². The standard InChI is InChI=1S/C18H21N3O6/c1-19-12-6-9-5-11-14(27-8-26-11)13(25-4)10(9)7-18(12)15(22)20(2)17(24)21(3)16(18)23/h5,12,19H,6-8H2,1-4H3/p+1/t12-/m0/s1. The molecule has 27 heavy (non-hydrogen) atoms. The van der Waals surface area contributed by atoms with Crippen molar-refractivity contribution in [1.82, 2.24) is 9.80 Å². The van der Waals surface area contributed by atoms with Crippen molar-refractivity contribution in [3.8, 4) is 17.2 Å². The third-order valence-corrected chi connectivity index (χ3v) is 5.90. The van der Waals surface area contributed by atoms with E-state index in [1.165, 1.54) is 21.2 Å². The van der Waals surface area contributed by atoms with Gasteiger partial charge in [0.25, 0.3) is 11.8 Å². The normalized spacial score (nSPS) is 23.1. The summed E-state index contributed by atoms with van der Waals surface area (Å²) in [7, 11) is 6.18. The summed E-state index contributed by atoms with van der Waals surface area (Å²) in [4.78, 5) is 40.7. The molecule has 1 aliphatic carbocycles. The highest BCUT2D eigenvalue weighted by atomic mass is 16.7. The SMILES string of the molecule is C[NH2+][C@H]1Cc2cc3c(c(OC)c2CC12C(=O)N(C)C(=O)N(C)C2=O)OCO3. The highest BCUT2D eigenvalue weighted by Gasteiger charge is 2.63. The topological polar surface area (TPSA) is 102 Å². The lowest BCUT2D eigenvalue weighted by molar-refractivity contribution is -0.673. The van der Waals surface area contributed by atoms with E-state index in [1.807, 2.05) is 18.4 Å². The summed E-state index contributed by atoms with van der Waals surface area (Å²) in [5.74, 6) is 0.603.